The minimum Gasteiger partial charge on any atom is -0.339 e. The molecule has 5 nitrogen and oxygen atoms in total. The number of nitrogens with one attached hydrogen (secondary N) is 1. The van der Waals surface area contributed by atoms with Gasteiger partial charge in [0.2, 0.25) is 5.91 Å². The number of hydrogen-bond acceptors (Lipinski definition) is 3. The highest BCUT2D eigenvalue weighted by molar-refractivity contribution is 5.97. The maximum Gasteiger partial charge on any atom is 0.253 e. The molecule has 5 heteroatoms. The molecule has 0 spiro atoms. The maximum absolute atomic E-state index is 12.6. The summed E-state index contributed by atoms with van der Waals surface area (Å²) in [6.45, 7) is 2.72. The molecule has 118 valence electrons. The molecule has 1 N–H and O–H groups in total. The quantitative estimate of drug-likeness (QED) is 0.923. The third kappa shape index (κ3) is 2.99. The van der Waals surface area contributed by atoms with Gasteiger partial charge in [0.15, 0.2) is 0 Å². The van der Waals surface area contributed by atoms with Crippen LogP contribution in [0.4, 0.5) is 5.69 Å². The Bertz CT molecular complexity index is 550. The lowest BCUT2D eigenvalue weighted by molar-refractivity contribution is -0.117. The van der Waals surface area contributed by atoms with E-state index in [4.69, 9.17) is 0 Å². The third-order valence-electron chi connectivity index (χ3n) is 4.68. The van der Waals surface area contributed by atoms with E-state index in [9.17, 15) is 9.59 Å². The molecule has 2 fully saturated rings. The molecule has 0 unspecified atom stereocenters. The fourth-order valence-corrected chi connectivity index (χ4v) is 3.27. The zero-order valence-electron chi connectivity index (χ0n) is 13.0. The molecule has 3 rings (SSSR count). The van der Waals surface area contributed by atoms with E-state index in [-0.39, 0.29) is 11.8 Å². The highest BCUT2D eigenvalue weighted by Gasteiger charge is 2.24. The van der Waals surface area contributed by atoms with Crippen molar-refractivity contribution in [1.29, 1.82) is 0 Å². The van der Waals surface area contributed by atoms with Crippen LogP contribution >= 0.6 is 0 Å². The molecule has 0 bridgehead atoms. The molecule has 2 aliphatic rings. The normalized spacial score (nSPS) is 19.5. The van der Waals surface area contributed by atoms with Crippen molar-refractivity contribution in [3.63, 3.8) is 0 Å². The number of hydrogen-bond donors (Lipinski definition) is 1. The zero-order chi connectivity index (χ0) is 15.5. The predicted octanol–water partition coefficient (Wildman–Crippen LogP) is 1.64. The number of piperidine rings is 1. The van der Waals surface area contributed by atoms with Crippen LogP contribution in [-0.4, -0.2) is 49.4 Å². The van der Waals surface area contributed by atoms with E-state index in [1.165, 1.54) is 0 Å². The smallest absolute Gasteiger partial charge is 0.253 e. The van der Waals surface area contributed by atoms with Crippen molar-refractivity contribution >= 4 is 17.5 Å². The standard InChI is InChI=1S/C17H23N3O2/c1-19(14-8-10-18-11-9-14)17(22)13-4-6-15(7-5-13)20-12-2-3-16(20)21/h4-7,14,18H,2-3,8-12H2,1H3. The van der Waals surface area contributed by atoms with Gasteiger partial charge in [-0.05, 0) is 56.6 Å². The summed E-state index contributed by atoms with van der Waals surface area (Å²) in [5, 5.41) is 3.32. The fourth-order valence-electron chi connectivity index (χ4n) is 3.27. The average Bonchev–Trinajstić information content (AvgIpc) is 3.00. The molecule has 1 aromatic carbocycles. The van der Waals surface area contributed by atoms with E-state index in [0.29, 0.717) is 18.0 Å². The van der Waals surface area contributed by atoms with Crippen LogP contribution in [0.5, 0.6) is 0 Å². The number of carbonyl (C=O) groups is 2. The fraction of sp³-hybridized carbons (Fsp3) is 0.529. The Balaban J connectivity index is 1.69. The Kier molecular flexibility index (Phi) is 4.43. The first-order chi connectivity index (χ1) is 10.7. The Morgan fingerprint density at radius 1 is 1.23 bits per heavy atom. The van der Waals surface area contributed by atoms with Crippen molar-refractivity contribution in [3.8, 4) is 0 Å². The second kappa shape index (κ2) is 6.48. The van der Waals surface area contributed by atoms with Crippen molar-refractivity contribution in [2.24, 2.45) is 0 Å². The summed E-state index contributed by atoms with van der Waals surface area (Å²) in [5.74, 6) is 0.233. The largest absolute Gasteiger partial charge is 0.339 e. The van der Waals surface area contributed by atoms with Crippen molar-refractivity contribution in [2.75, 3.05) is 31.6 Å². The SMILES string of the molecule is CN(C(=O)c1ccc(N2CCCC2=O)cc1)C1CCNCC1. The van der Waals surface area contributed by atoms with Crippen LogP contribution in [0.1, 0.15) is 36.0 Å². The highest BCUT2D eigenvalue weighted by Crippen LogP contribution is 2.22. The molecule has 0 saturated carbocycles. The second-order valence-corrected chi connectivity index (χ2v) is 6.09. The third-order valence-corrected chi connectivity index (χ3v) is 4.68. The van der Waals surface area contributed by atoms with Gasteiger partial charge in [-0.1, -0.05) is 0 Å². The summed E-state index contributed by atoms with van der Waals surface area (Å²) in [7, 11) is 1.89. The monoisotopic (exact) mass is 301 g/mol. The molecule has 2 amide bonds. The van der Waals surface area contributed by atoms with Crippen LogP contribution in [-0.2, 0) is 4.79 Å². The Morgan fingerprint density at radius 2 is 1.91 bits per heavy atom. The first-order valence-electron chi connectivity index (χ1n) is 8.05. The molecule has 2 saturated heterocycles. The highest BCUT2D eigenvalue weighted by atomic mass is 16.2. The summed E-state index contributed by atoms with van der Waals surface area (Å²) in [5.41, 5.74) is 1.58. The minimum absolute atomic E-state index is 0.0613. The van der Waals surface area contributed by atoms with E-state index >= 15 is 0 Å². The van der Waals surface area contributed by atoms with Gasteiger partial charge in [0.05, 0.1) is 0 Å². The molecule has 0 aliphatic carbocycles. The van der Waals surface area contributed by atoms with E-state index < -0.39 is 0 Å². The lowest BCUT2D eigenvalue weighted by Crippen LogP contribution is -2.43. The van der Waals surface area contributed by atoms with Crippen LogP contribution in [0, 0.1) is 0 Å². The van der Waals surface area contributed by atoms with Crippen molar-refractivity contribution in [2.45, 2.75) is 31.7 Å². The predicted molar refractivity (Wildman–Crippen MR) is 86.0 cm³/mol. The summed E-state index contributed by atoms with van der Waals surface area (Å²) in [6, 6.07) is 7.75. The molecule has 0 atom stereocenters. The second-order valence-electron chi connectivity index (χ2n) is 6.09. The molecule has 0 radical (unpaired) electrons. The van der Waals surface area contributed by atoms with Crippen LogP contribution in [0.2, 0.25) is 0 Å². The van der Waals surface area contributed by atoms with Crippen LogP contribution in [0.25, 0.3) is 0 Å². The van der Waals surface area contributed by atoms with Crippen molar-refractivity contribution in [1.82, 2.24) is 10.2 Å². The lowest BCUT2D eigenvalue weighted by atomic mass is 10.0. The minimum atomic E-state index is 0.0613. The number of rotatable bonds is 3. The molecule has 2 aliphatic heterocycles. The summed E-state index contributed by atoms with van der Waals surface area (Å²) >= 11 is 0. The Hall–Kier alpha value is -1.88. The van der Waals surface area contributed by atoms with Gasteiger partial charge in [-0.15, -0.1) is 0 Å². The average molecular weight is 301 g/mol. The molecular formula is C17H23N3O2. The summed E-state index contributed by atoms with van der Waals surface area (Å²) in [4.78, 5) is 28.0. The van der Waals surface area contributed by atoms with Gasteiger partial charge in [-0.25, -0.2) is 0 Å². The molecule has 1 aromatic rings. The van der Waals surface area contributed by atoms with Crippen LogP contribution in [0.3, 0.4) is 0 Å². The van der Waals surface area contributed by atoms with Crippen molar-refractivity contribution < 1.29 is 9.59 Å². The number of nitrogens with zero attached hydrogens (tertiary/aromatic N) is 2. The first-order valence-corrected chi connectivity index (χ1v) is 8.05. The molecule has 2 heterocycles. The van der Waals surface area contributed by atoms with Gasteiger partial charge in [0.1, 0.15) is 0 Å². The van der Waals surface area contributed by atoms with Crippen molar-refractivity contribution in [3.05, 3.63) is 29.8 Å². The molecule has 22 heavy (non-hydrogen) atoms. The van der Waals surface area contributed by atoms with Gasteiger partial charge < -0.3 is 15.1 Å². The van der Waals surface area contributed by atoms with Gasteiger partial charge in [0, 0.05) is 37.3 Å². The Labute approximate surface area is 131 Å². The first kappa shape index (κ1) is 15.0. The van der Waals surface area contributed by atoms with Gasteiger partial charge >= 0.3 is 0 Å². The van der Waals surface area contributed by atoms with E-state index in [2.05, 4.69) is 5.32 Å². The van der Waals surface area contributed by atoms with Gasteiger partial charge in [-0.2, -0.15) is 0 Å². The van der Waals surface area contributed by atoms with E-state index in [1.54, 1.807) is 4.90 Å². The zero-order valence-corrected chi connectivity index (χ0v) is 13.0. The lowest BCUT2D eigenvalue weighted by Gasteiger charge is -2.31. The maximum atomic E-state index is 12.6. The van der Waals surface area contributed by atoms with Gasteiger partial charge in [0.25, 0.3) is 5.91 Å². The van der Waals surface area contributed by atoms with E-state index in [0.717, 1.165) is 44.6 Å². The summed E-state index contributed by atoms with van der Waals surface area (Å²) < 4.78 is 0. The molecule has 0 aromatic heterocycles. The summed E-state index contributed by atoms with van der Waals surface area (Å²) in [6.07, 6.45) is 3.54. The molecular weight excluding hydrogens is 278 g/mol. The number of benzene rings is 1. The van der Waals surface area contributed by atoms with Crippen LogP contribution < -0.4 is 10.2 Å². The number of amides is 2. The van der Waals surface area contributed by atoms with E-state index in [1.807, 2.05) is 36.2 Å². The number of carbonyl (C=O) groups excluding carboxylic acids is 2. The van der Waals surface area contributed by atoms with Gasteiger partial charge in [-0.3, -0.25) is 9.59 Å². The van der Waals surface area contributed by atoms with Crippen LogP contribution in [0.15, 0.2) is 24.3 Å². The number of anilines is 1. The Morgan fingerprint density at radius 3 is 2.50 bits per heavy atom. The topological polar surface area (TPSA) is 52.7 Å².